The zero-order chi connectivity index (χ0) is 13.8. The quantitative estimate of drug-likeness (QED) is 0.795. The SMILES string of the molecule is CCCC(C)(C)CN(C)S(=O)(=O)c1ccccc1. The Bertz CT molecular complexity index is 466. The molecule has 102 valence electrons. The van der Waals surface area contributed by atoms with Crippen LogP contribution in [0.3, 0.4) is 0 Å². The van der Waals surface area contributed by atoms with E-state index in [-0.39, 0.29) is 5.41 Å². The molecule has 0 N–H and O–H groups in total. The molecule has 0 bridgehead atoms. The van der Waals surface area contributed by atoms with Crippen LogP contribution in [0.5, 0.6) is 0 Å². The summed E-state index contributed by atoms with van der Waals surface area (Å²) < 4.78 is 26.1. The molecule has 0 heterocycles. The molecule has 0 fully saturated rings. The molecular formula is C14H23NO2S. The Morgan fingerprint density at radius 1 is 1.17 bits per heavy atom. The van der Waals surface area contributed by atoms with Gasteiger partial charge < -0.3 is 0 Å². The third-order valence-corrected chi connectivity index (χ3v) is 4.85. The minimum Gasteiger partial charge on any atom is -0.207 e. The average Bonchev–Trinajstić information content (AvgIpc) is 2.29. The predicted molar refractivity (Wildman–Crippen MR) is 74.9 cm³/mol. The fraction of sp³-hybridized carbons (Fsp3) is 0.571. The fourth-order valence-corrected chi connectivity index (χ4v) is 3.60. The molecule has 1 rings (SSSR count). The highest BCUT2D eigenvalue weighted by atomic mass is 32.2. The number of benzene rings is 1. The van der Waals surface area contributed by atoms with E-state index in [1.807, 2.05) is 6.07 Å². The molecule has 0 atom stereocenters. The molecule has 0 unspecified atom stereocenters. The van der Waals surface area contributed by atoms with Crippen molar-refractivity contribution in [3.05, 3.63) is 30.3 Å². The van der Waals surface area contributed by atoms with Crippen LogP contribution in [0, 0.1) is 5.41 Å². The summed E-state index contributed by atoms with van der Waals surface area (Å²) in [6, 6.07) is 8.59. The van der Waals surface area contributed by atoms with Gasteiger partial charge in [0.15, 0.2) is 0 Å². The van der Waals surface area contributed by atoms with Crippen LogP contribution in [0.1, 0.15) is 33.6 Å². The van der Waals surface area contributed by atoms with Crippen molar-refractivity contribution < 1.29 is 8.42 Å². The van der Waals surface area contributed by atoms with Crippen molar-refractivity contribution in [2.75, 3.05) is 13.6 Å². The van der Waals surface area contributed by atoms with Gasteiger partial charge in [0.05, 0.1) is 4.90 Å². The lowest BCUT2D eigenvalue weighted by Gasteiger charge is -2.29. The van der Waals surface area contributed by atoms with Gasteiger partial charge in [0.2, 0.25) is 10.0 Å². The third kappa shape index (κ3) is 3.82. The van der Waals surface area contributed by atoms with Gasteiger partial charge in [-0.3, -0.25) is 0 Å². The van der Waals surface area contributed by atoms with Gasteiger partial charge in [-0.25, -0.2) is 12.7 Å². The number of hydrogen-bond acceptors (Lipinski definition) is 2. The summed E-state index contributed by atoms with van der Waals surface area (Å²) >= 11 is 0. The van der Waals surface area contributed by atoms with E-state index in [9.17, 15) is 8.42 Å². The van der Waals surface area contributed by atoms with Crippen LogP contribution in [-0.4, -0.2) is 26.3 Å². The van der Waals surface area contributed by atoms with Crippen molar-refractivity contribution in [2.45, 2.75) is 38.5 Å². The van der Waals surface area contributed by atoms with Crippen molar-refractivity contribution in [3.63, 3.8) is 0 Å². The van der Waals surface area contributed by atoms with Crippen molar-refractivity contribution in [1.82, 2.24) is 4.31 Å². The number of sulfonamides is 1. The summed E-state index contributed by atoms with van der Waals surface area (Å²) in [5.41, 5.74) is 0.00531. The second-order valence-corrected chi connectivity index (χ2v) is 7.53. The standard InChI is InChI=1S/C14H23NO2S/c1-5-11-14(2,3)12-15(4)18(16,17)13-9-7-6-8-10-13/h6-10H,5,11-12H2,1-4H3. The van der Waals surface area contributed by atoms with Gasteiger partial charge in [0.25, 0.3) is 0 Å². The molecule has 1 aromatic rings. The highest BCUT2D eigenvalue weighted by Crippen LogP contribution is 2.25. The predicted octanol–water partition coefficient (Wildman–Crippen LogP) is 3.13. The van der Waals surface area contributed by atoms with Crippen LogP contribution >= 0.6 is 0 Å². The van der Waals surface area contributed by atoms with Gasteiger partial charge in [-0.2, -0.15) is 0 Å². The third-order valence-electron chi connectivity index (χ3n) is 3.03. The Morgan fingerprint density at radius 2 is 1.72 bits per heavy atom. The van der Waals surface area contributed by atoms with Crippen LogP contribution in [0.25, 0.3) is 0 Å². The Balaban J connectivity index is 2.87. The van der Waals surface area contributed by atoms with Gasteiger partial charge in [0, 0.05) is 13.6 Å². The van der Waals surface area contributed by atoms with Crippen LogP contribution in [0.15, 0.2) is 35.2 Å². The van der Waals surface area contributed by atoms with Gasteiger partial charge >= 0.3 is 0 Å². The van der Waals surface area contributed by atoms with Crippen LogP contribution < -0.4 is 0 Å². The van der Waals surface area contributed by atoms with E-state index >= 15 is 0 Å². The minimum atomic E-state index is -3.36. The molecule has 0 aliphatic carbocycles. The molecular weight excluding hydrogens is 246 g/mol. The summed E-state index contributed by atoms with van der Waals surface area (Å²) in [7, 11) is -1.70. The fourth-order valence-electron chi connectivity index (χ4n) is 2.22. The molecule has 0 saturated carbocycles. The van der Waals surface area contributed by atoms with Crippen LogP contribution in [0.4, 0.5) is 0 Å². The Kier molecular flexibility index (Phi) is 4.93. The molecule has 0 aromatic heterocycles. The highest BCUT2D eigenvalue weighted by molar-refractivity contribution is 7.89. The van der Waals surface area contributed by atoms with Crippen LogP contribution in [-0.2, 0) is 10.0 Å². The Morgan fingerprint density at radius 3 is 2.22 bits per heavy atom. The van der Waals surface area contributed by atoms with Crippen molar-refractivity contribution in [2.24, 2.45) is 5.41 Å². The molecule has 1 aromatic carbocycles. The second kappa shape index (κ2) is 5.85. The van der Waals surface area contributed by atoms with E-state index in [1.54, 1.807) is 31.3 Å². The molecule has 0 radical (unpaired) electrons. The van der Waals surface area contributed by atoms with E-state index in [4.69, 9.17) is 0 Å². The van der Waals surface area contributed by atoms with E-state index < -0.39 is 10.0 Å². The van der Waals surface area contributed by atoms with Gasteiger partial charge in [0.1, 0.15) is 0 Å². The van der Waals surface area contributed by atoms with Crippen molar-refractivity contribution in [1.29, 1.82) is 0 Å². The van der Waals surface area contributed by atoms with Crippen molar-refractivity contribution in [3.8, 4) is 0 Å². The lowest BCUT2D eigenvalue weighted by Crippen LogP contribution is -2.35. The number of hydrogen-bond donors (Lipinski definition) is 0. The van der Waals surface area contributed by atoms with E-state index in [0.29, 0.717) is 11.4 Å². The molecule has 0 spiro atoms. The molecule has 0 saturated heterocycles. The maximum Gasteiger partial charge on any atom is 0.242 e. The van der Waals surface area contributed by atoms with E-state index in [2.05, 4.69) is 20.8 Å². The first kappa shape index (κ1) is 15.2. The van der Waals surface area contributed by atoms with Crippen LogP contribution in [0.2, 0.25) is 0 Å². The summed E-state index contributed by atoms with van der Waals surface area (Å²) in [5, 5.41) is 0. The first-order valence-corrected chi connectivity index (χ1v) is 7.75. The smallest absolute Gasteiger partial charge is 0.207 e. The zero-order valence-corrected chi connectivity index (χ0v) is 12.5. The minimum absolute atomic E-state index is 0.00531. The maximum atomic E-state index is 12.3. The lowest BCUT2D eigenvalue weighted by atomic mass is 9.88. The molecule has 0 amide bonds. The second-order valence-electron chi connectivity index (χ2n) is 5.49. The average molecular weight is 269 g/mol. The van der Waals surface area contributed by atoms with E-state index in [1.165, 1.54) is 4.31 Å². The van der Waals surface area contributed by atoms with Gasteiger partial charge in [-0.1, -0.05) is 45.4 Å². The summed E-state index contributed by atoms with van der Waals surface area (Å²) in [5.74, 6) is 0. The van der Waals surface area contributed by atoms with Gasteiger partial charge in [-0.15, -0.1) is 0 Å². The van der Waals surface area contributed by atoms with E-state index in [0.717, 1.165) is 12.8 Å². The normalized spacial score (nSPS) is 12.9. The summed E-state index contributed by atoms with van der Waals surface area (Å²) in [6.45, 7) is 6.87. The Labute approximate surface area is 111 Å². The molecule has 0 aliphatic heterocycles. The Hall–Kier alpha value is -0.870. The first-order chi connectivity index (χ1) is 8.29. The largest absolute Gasteiger partial charge is 0.242 e. The number of nitrogens with zero attached hydrogens (tertiary/aromatic N) is 1. The molecule has 3 nitrogen and oxygen atoms in total. The maximum absolute atomic E-state index is 12.3. The molecule has 18 heavy (non-hydrogen) atoms. The molecule has 0 aliphatic rings. The lowest BCUT2D eigenvalue weighted by molar-refractivity contribution is 0.262. The molecule has 4 heteroatoms. The zero-order valence-electron chi connectivity index (χ0n) is 11.7. The highest BCUT2D eigenvalue weighted by Gasteiger charge is 2.27. The summed E-state index contributed by atoms with van der Waals surface area (Å²) in [4.78, 5) is 0.361. The first-order valence-electron chi connectivity index (χ1n) is 6.31. The van der Waals surface area contributed by atoms with Gasteiger partial charge in [-0.05, 0) is 24.0 Å². The van der Waals surface area contributed by atoms with Crippen molar-refractivity contribution >= 4 is 10.0 Å². The number of rotatable bonds is 6. The monoisotopic (exact) mass is 269 g/mol. The summed E-state index contributed by atoms with van der Waals surface area (Å²) in [6.07, 6.45) is 2.08. The topological polar surface area (TPSA) is 37.4 Å².